The second-order valence-electron chi connectivity index (χ2n) is 4.42. The first-order valence-corrected chi connectivity index (χ1v) is 6.42. The zero-order valence-corrected chi connectivity index (χ0v) is 11.3. The summed E-state index contributed by atoms with van der Waals surface area (Å²) in [6, 6.07) is 6.50. The van der Waals surface area contributed by atoms with Crippen molar-refractivity contribution in [2.75, 3.05) is 11.9 Å². The van der Waals surface area contributed by atoms with Gasteiger partial charge in [0.15, 0.2) is 5.78 Å². The van der Waals surface area contributed by atoms with Crippen molar-refractivity contribution in [1.29, 1.82) is 0 Å². The van der Waals surface area contributed by atoms with Gasteiger partial charge in [0.05, 0.1) is 5.69 Å². The number of anilines is 1. The number of hydrogen-bond donors (Lipinski definition) is 0. The van der Waals surface area contributed by atoms with E-state index >= 15 is 0 Å². The van der Waals surface area contributed by atoms with Gasteiger partial charge in [0.25, 0.3) is 0 Å². The monoisotopic (exact) mass is 281 g/mol. The topological polar surface area (TPSA) is 20.3 Å². The summed E-state index contributed by atoms with van der Waals surface area (Å²) in [6.45, 7) is 1.59. The first-order chi connectivity index (χ1) is 7.59. The van der Waals surface area contributed by atoms with E-state index in [-0.39, 0.29) is 5.78 Å². The average molecular weight is 282 g/mol. The van der Waals surface area contributed by atoms with Crippen LogP contribution in [0.5, 0.6) is 0 Å². The molecule has 0 bridgehead atoms. The van der Waals surface area contributed by atoms with Gasteiger partial charge in [-0.05, 0) is 60.3 Å². The third kappa shape index (κ3) is 2.14. The van der Waals surface area contributed by atoms with Crippen LogP contribution in [0.15, 0.2) is 22.7 Å². The smallest absolute Gasteiger partial charge is 0.159 e. The maximum absolute atomic E-state index is 11.2. The largest absolute Gasteiger partial charge is 0.371 e. The maximum atomic E-state index is 11.2. The minimum Gasteiger partial charge on any atom is -0.371 e. The number of Topliss-reactive ketones (excluding diaryl/α,β-unsaturated/α-hetero) is 1. The molecule has 1 fully saturated rings. The van der Waals surface area contributed by atoms with Crippen molar-refractivity contribution in [3.05, 3.63) is 28.2 Å². The van der Waals surface area contributed by atoms with Gasteiger partial charge in [-0.25, -0.2) is 0 Å². The van der Waals surface area contributed by atoms with Gasteiger partial charge >= 0.3 is 0 Å². The van der Waals surface area contributed by atoms with Crippen molar-refractivity contribution in [1.82, 2.24) is 0 Å². The molecule has 1 aliphatic carbocycles. The van der Waals surface area contributed by atoms with E-state index in [0.717, 1.165) is 10.0 Å². The fourth-order valence-electron chi connectivity index (χ4n) is 1.98. The van der Waals surface area contributed by atoms with Crippen LogP contribution in [-0.2, 0) is 0 Å². The molecule has 0 saturated heterocycles. The fraction of sp³-hybridized carbons (Fsp3) is 0.462. The Morgan fingerprint density at radius 3 is 2.56 bits per heavy atom. The fourth-order valence-corrected chi connectivity index (χ4v) is 2.64. The molecular formula is C13H16BrNO. The molecule has 2 nitrogen and oxygen atoms in total. The third-order valence-electron chi connectivity index (χ3n) is 3.36. The second-order valence-corrected chi connectivity index (χ2v) is 5.27. The van der Waals surface area contributed by atoms with Crippen molar-refractivity contribution in [3.8, 4) is 0 Å². The van der Waals surface area contributed by atoms with Gasteiger partial charge in [-0.15, -0.1) is 0 Å². The summed E-state index contributed by atoms with van der Waals surface area (Å²) < 4.78 is 1.01. The van der Waals surface area contributed by atoms with Crippen LogP contribution in [-0.4, -0.2) is 18.9 Å². The van der Waals surface area contributed by atoms with Crippen molar-refractivity contribution in [3.63, 3.8) is 0 Å². The standard InChI is InChI=1S/C13H16BrNO/c1-9(16)10-6-7-13(12(14)8-10)15(2)11-4-3-5-11/h6-8,11H,3-5H2,1-2H3. The number of hydrogen-bond acceptors (Lipinski definition) is 2. The number of carbonyl (C=O) groups is 1. The van der Waals surface area contributed by atoms with E-state index in [2.05, 4.69) is 27.9 Å². The number of carbonyl (C=O) groups excluding carboxylic acids is 1. The van der Waals surface area contributed by atoms with E-state index in [1.807, 2.05) is 18.2 Å². The summed E-state index contributed by atoms with van der Waals surface area (Å²) in [7, 11) is 2.12. The molecule has 0 amide bonds. The van der Waals surface area contributed by atoms with Crippen LogP contribution in [0.25, 0.3) is 0 Å². The van der Waals surface area contributed by atoms with E-state index in [4.69, 9.17) is 0 Å². The van der Waals surface area contributed by atoms with Gasteiger partial charge in [0, 0.05) is 23.1 Å². The van der Waals surface area contributed by atoms with Gasteiger partial charge < -0.3 is 4.90 Å². The Morgan fingerprint density at radius 2 is 2.12 bits per heavy atom. The summed E-state index contributed by atoms with van der Waals surface area (Å²) in [4.78, 5) is 13.5. The molecule has 1 aromatic carbocycles. The van der Waals surface area contributed by atoms with E-state index in [9.17, 15) is 4.79 Å². The maximum Gasteiger partial charge on any atom is 0.159 e. The van der Waals surface area contributed by atoms with Gasteiger partial charge in [0.2, 0.25) is 0 Å². The average Bonchev–Trinajstić information content (AvgIpc) is 2.14. The Labute approximate surface area is 105 Å². The van der Waals surface area contributed by atoms with E-state index in [1.54, 1.807) is 6.92 Å². The van der Waals surface area contributed by atoms with Crippen molar-refractivity contribution >= 4 is 27.4 Å². The lowest BCUT2D eigenvalue weighted by atomic mass is 9.91. The van der Waals surface area contributed by atoms with Crippen LogP contribution in [0, 0.1) is 0 Å². The molecule has 0 N–H and O–H groups in total. The molecule has 0 spiro atoms. The molecule has 1 aromatic rings. The predicted molar refractivity (Wildman–Crippen MR) is 70.2 cm³/mol. The Kier molecular flexibility index (Phi) is 3.33. The Morgan fingerprint density at radius 1 is 1.44 bits per heavy atom. The van der Waals surface area contributed by atoms with Gasteiger partial charge in [0.1, 0.15) is 0 Å². The molecule has 2 rings (SSSR count). The van der Waals surface area contributed by atoms with Gasteiger partial charge in [-0.2, -0.15) is 0 Å². The summed E-state index contributed by atoms with van der Waals surface area (Å²) in [5.74, 6) is 0.110. The zero-order valence-electron chi connectivity index (χ0n) is 9.66. The molecule has 1 aliphatic rings. The molecule has 0 atom stereocenters. The molecular weight excluding hydrogens is 266 g/mol. The molecule has 86 valence electrons. The minimum absolute atomic E-state index is 0.110. The minimum atomic E-state index is 0.110. The van der Waals surface area contributed by atoms with Crippen molar-refractivity contribution < 1.29 is 4.79 Å². The predicted octanol–water partition coefficient (Wildman–Crippen LogP) is 3.64. The summed E-state index contributed by atoms with van der Waals surface area (Å²) in [6.07, 6.45) is 3.88. The zero-order chi connectivity index (χ0) is 11.7. The highest BCUT2D eigenvalue weighted by atomic mass is 79.9. The van der Waals surface area contributed by atoms with Gasteiger partial charge in [-0.1, -0.05) is 0 Å². The Balaban J connectivity index is 2.24. The highest BCUT2D eigenvalue weighted by Gasteiger charge is 2.23. The van der Waals surface area contributed by atoms with Crippen LogP contribution in [0.3, 0.4) is 0 Å². The van der Waals surface area contributed by atoms with Crippen molar-refractivity contribution in [2.24, 2.45) is 0 Å². The molecule has 0 aromatic heterocycles. The highest BCUT2D eigenvalue weighted by molar-refractivity contribution is 9.10. The van der Waals surface area contributed by atoms with Crippen LogP contribution >= 0.6 is 15.9 Å². The molecule has 0 radical (unpaired) electrons. The lowest BCUT2D eigenvalue weighted by Gasteiger charge is -2.37. The van der Waals surface area contributed by atoms with Crippen LogP contribution in [0.1, 0.15) is 36.5 Å². The lowest BCUT2D eigenvalue weighted by Crippen LogP contribution is -2.37. The van der Waals surface area contributed by atoms with Gasteiger partial charge in [-0.3, -0.25) is 4.79 Å². The summed E-state index contributed by atoms with van der Waals surface area (Å²) in [5.41, 5.74) is 1.94. The van der Waals surface area contributed by atoms with E-state index in [0.29, 0.717) is 6.04 Å². The molecule has 3 heteroatoms. The number of halogens is 1. The van der Waals surface area contributed by atoms with E-state index < -0.39 is 0 Å². The molecule has 1 saturated carbocycles. The summed E-state index contributed by atoms with van der Waals surface area (Å²) in [5, 5.41) is 0. The molecule has 0 aliphatic heterocycles. The first kappa shape index (κ1) is 11.6. The highest BCUT2D eigenvalue weighted by Crippen LogP contribution is 2.33. The normalized spacial score (nSPS) is 15.7. The van der Waals surface area contributed by atoms with Crippen LogP contribution in [0.2, 0.25) is 0 Å². The molecule has 0 heterocycles. The molecule has 0 unspecified atom stereocenters. The first-order valence-electron chi connectivity index (χ1n) is 5.63. The second kappa shape index (κ2) is 4.58. The molecule has 16 heavy (non-hydrogen) atoms. The number of rotatable bonds is 3. The number of ketones is 1. The quantitative estimate of drug-likeness (QED) is 0.789. The van der Waals surface area contributed by atoms with Crippen LogP contribution < -0.4 is 4.90 Å². The number of nitrogens with zero attached hydrogens (tertiary/aromatic N) is 1. The Hall–Kier alpha value is -0.830. The van der Waals surface area contributed by atoms with E-state index in [1.165, 1.54) is 24.9 Å². The summed E-state index contributed by atoms with van der Waals surface area (Å²) >= 11 is 3.54. The Bertz CT molecular complexity index is 412. The third-order valence-corrected chi connectivity index (χ3v) is 3.99. The number of benzene rings is 1. The van der Waals surface area contributed by atoms with Crippen LogP contribution in [0.4, 0.5) is 5.69 Å². The lowest BCUT2D eigenvalue weighted by molar-refractivity contribution is 0.101. The van der Waals surface area contributed by atoms with Crippen molar-refractivity contribution in [2.45, 2.75) is 32.2 Å². The SMILES string of the molecule is CC(=O)c1ccc(N(C)C2CCC2)c(Br)c1.